The standard InChI is InChI=1S/C19H16Cl2N4O2/c1-2-27-17(19(26)25-18-11-22-6-7-23-18)5-3-4-13-8-12-9-14(20)15(21)10-16(12)24-13/h3-11,24H,2H2,1H3,(H,23,25,26)/b4-3+,17-5-. The molecule has 27 heavy (non-hydrogen) atoms. The van der Waals surface area contributed by atoms with E-state index in [1.165, 1.54) is 18.6 Å². The first-order chi connectivity index (χ1) is 13.1. The lowest BCUT2D eigenvalue weighted by atomic mass is 10.2. The van der Waals surface area contributed by atoms with Crippen LogP contribution in [0.3, 0.4) is 0 Å². The number of carbonyl (C=O) groups excluding carboxylic acids is 1. The molecule has 3 aromatic rings. The third-order valence-electron chi connectivity index (χ3n) is 3.53. The molecule has 0 saturated carbocycles. The normalized spacial score (nSPS) is 11.9. The molecule has 0 bridgehead atoms. The number of halogens is 2. The maximum absolute atomic E-state index is 12.3. The molecular formula is C19H16Cl2N4O2. The van der Waals surface area contributed by atoms with E-state index in [2.05, 4.69) is 20.3 Å². The Morgan fingerprint density at radius 1 is 1.26 bits per heavy atom. The van der Waals surface area contributed by atoms with Crippen LogP contribution in [0.2, 0.25) is 10.0 Å². The second-order valence-electron chi connectivity index (χ2n) is 5.45. The van der Waals surface area contributed by atoms with Gasteiger partial charge in [0.1, 0.15) is 0 Å². The molecule has 2 heterocycles. The van der Waals surface area contributed by atoms with E-state index in [1.54, 1.807) is 31.2 Å². The third kappa shape index (κ3) is 4.87. The first-order valence-electron chi connectivity index (χ1n) is 8.13. The number of H-pyrrole nitrogens is 1. The van der Waals surface area contributed by atoms with E-state index in [0.29, 0.717) is 22.5 Å². The fourth-order valence-corrected chi connectivity index (χ4v) is 2.70. The highest BCUT2D eigenvalue weighted by atomic mass is 35.5. The number of nitrogens with zero attached hydrogens (tertiary/aromatic N) is 2. The Balaban J connectivity index is 1.77. The molecule has 3 rings (SSSR count). The summed E-state index contributed by atoms with van der Waals surface area (Å²) >= 11 is 12.1. The minimum atomic E-state index is -0.405. The van der Waals surface area contributed by atoms with Gasteiger partial charge < -0.3 is 15.0 Å². The van der Waals surface area contributed by atoms with Gasteiger partial charge in [0.2, 0.25) is 0 Å². The highest BCUT2D eigenvalue weighted by Crippen LogP contribution is 2.28. The Kier molecular flexibility index (Phi) is 6.11. The van der Waals surface area contributed by atoms with Gasteiger partial charge in [-0.05, 0) is 37.3 Å². The van der Waals surface area contributed by atoms with Gasteiger partial charge in [0.15, 0.2) is 11.6 Å². The van der Waals surface area contributed by atoms with Gasteiger partial charge in [0.25, 0.3) is 5.91 Å². The van der Waals surface area contributed by atoms with Crippen LogP contribution in [0.5, 0.6) is 0 Å². The zero-order chi connectivity index (χ0) is 19.2. The number of hydrogen-bond donors (Lipinski definition) is 2. The molecule has 0 spiro atoms. The van der Waals surface area contributed by atoms with E-state index in [9.17, 15) is 4.79 Å². The van der Waals surface area contributed by atoms with Crippen molar-refractivity contribution in [1.82, 2.24) is 15.0 Å². The van der Waals surface area contributed by atoms with Crippen molar-refractivity contribution in [3.05, 3.63) is 70.4 Å². The molecule has 2 aromatic heterocycles. The van der Waals surface area contributed by atoms with Gasteiger partial charge >= 0.3 is 0 Å². The topological polar surface area (TPSA) is 79.9 Å². The van der Waals surface area contributed by atoms with Crippen LogP contribution in [0.25, 0.3) is 17.0 Å². The third-order valence-corrected chi connectivity index (χ3v) is 4.26. The van der Waals surface area contributed by atoms with Crippen molar-refractivity contribution in [2.75, 3.05) is 11.9 Å². The number of fused-ring (bicyclic) bond motifs is 1. The van der Waals surface area contributed by atoms with Crippen LogP contribution in [0.4, 0.5) is 5.82 Å². The lowest BCUT2D eigenvalue weighted by Crippen LogP contribution is -2.17. The largest absolute Gasteiger partial charge is 0.488 e. The van der Waals surface area contributed by atoms with E-state index >= 15 is 0 Å². The van der Waals surface area contributed by atoms with Crippen LogP contribution in [-0.4, -0.2) is 27.5 Å². The average molecular weight is 403 g/mol. The van der Waals surface area contributed by atoms with Crippen molar-refractivity contribution in [1.29, 1.82) is 0 Å². The molecule has 6 nitrogen and oxygen atoms in total. The zero-order valence-electron chi connectivity index (χ0n) is 14.4. The maximum Gasteiger partial charge on any atom is 0.291 e. The van der Waals surface area contributed by atoms with Crippen molar-refractivity contribution in [2.45, 2.75) is 6.92 Å². The zero-order valence-corrected chi connectivity index (χ0v) is 15.9. The fraction of sp³-hybridized carbons (Fsp3) is 0.105. The number of hydrogen-bond acceptors (Lipinski definition) is 4. The van der Waals surface area contributed by atoms with Gasteiger partial charge in [-0.3, -0.25) is 9.78 Å². The molecule has 0 aliphatic rings. The molecule has 0 aliphatic carbocycles. The van der Waals surface area contributed by atoms with Crippen LogP contribution >= 0.6 is 23.2 Å². The van der Waals surface area contributed by atoms with Crippen molar-refractivity contribution in [3.63, 3.8) is 0 Å². The summed E-state index contributed by atoms with van der Waals surface area (Å²) in [5, 5.41) is 4.56. The number of allylic oxidation sites excluding steroid dienone is 2. The summed E-state index contributed by atoms with van der Waals surface area (Å²) in [6.45, 7) is 2.16. The van der Waals surface area contributed by atoms with E-state index < -0.39 is 5.91 Å². The minimum Gasteiger partial charge on any atom is -0.488 e. The summed E-state index contributed by atoms with van der Waals surface area (Å²) < 4.78 is 5.41. The molecule has 0 fully saturated rings. The summed E-state index contributed by atoms with van der Waals surface area (Å²) in [4.78, 5) is 23.4. The van der Waals surface area contributed by atoms with Gasteiger partial charge in [-0.2, -0.15) is 0 Å². The average Bonchev–Trinajstić information content (AvgIpc) is 3.03. The van der Waals surface area contributed by atoms with Gasteiger partial charge in [0, 0.05) is 29.0 Å². The van der Waals surface area contributed by atoms with E-state index in [0.717, 1.165) is 16.6 Å². The SMILES string of the molecule is CCO/C(=C\C=C\c1cc2cc(Cl)c(Cl)cc2[nH]1)C(=O)Nc1cnccn1. The fourth-order valence-electron chi connectivity index (χ4n) is 2.36. The molecule has 0 radical (unpaired) electrons. The van der Waals surface area contributed by atoms with Crippen molar-refractivity contribution >= 4 is 51.9 Å². The number of nitrogens with one attached hydrogen (secondary N) is 2. The molecule has 2 N–H and O–H groups in total. The predicted octanol–water partition coefficient (Wildman–Crippen LogP) is 4.84. The number of ether oxygens (including phenoxy) is 1. The highest BCUT2D eigenvalue weighted by molar-refractivity contribution is 6.42. The lowest BCUT2D eigenvalue weighted by Gasteiger charge is -2.07. The second kappa shape index (κ2) is 8.70. The summed E-state index contributed by atoms with van der Waals surface area (Å²) in [7, 11) is 0. The number of aromatic amines is 1. The van der Waals surface area contributed by atoms with Crippen molar-refractivity contribution in [2.24, 2.45) is 0 Å². The van der Waals surface area contributed by atoms with E-state index in [4.69, 9.17) is 27.9 Å². The molecule has 0 saturated heterocycles. The highest BCUT2D eigenvalue weighted by Gasteiger charge is 2.10. The minimum absolute atomic E-state index is 0.168. The molecular weight excluding hydrogens is 387 g/mol. The Bertz CT molecular complexity index is 974. The van der Waals surface area contributed by atoms with Crippen molar-refractivity contribution < 1.29 is 9.53 Å². The number of aromatic nitrogens is 3. The number of amides is 1. The second-order valence-corrected chi connectivity index (χ2v) is 6.26. The molecule has 1 amide bonds. The summed E-state index contributed by atoms with van der Waals surface area (Å²) in [5.74, 6) is 0.111. The van der Waals surface area contributed by atoms with Gasteiger partial charge in [-0.25, -0.2) is 4.98 Å². The van der Waals surface area contributed by atoms with Crippen molar-refractivity contribution in [3.8, 4) is 0 Å². The molecule has 0 unspecified atom stereocenters. The predicted molar refractivity (Wildman–Crippen MR) is 108 cm³/mol. The molecule has 0 atom stereocenters. The first kappa shape index (κ1) is 18.9. The monoisotopic (exact) mass is 402 g/mol. The number of rotatable bonds is 6. The van der Waals surface area contributed by atoms with Gasteiger partial charge in [0.05, 0.1) is 22.8 Å². The smallest absolute Gasteiger partial charge is 0.291 e. The van der Waals surface area contributed by atoms with Crippen LogP contribution < -0.4 is 5.32 Å². The molecule has 8 heteroatoms. The van der Waals surface area contributed by atoms with Crippen LogP contribution in [0, 0.1) is 0 Å². The molecule has 0 aliphatic heterocycles. The quantitative estimate of drug-likeness (QED) is 0.351. The first-order valence-corrected chi connectivity index (χ1v) is 8.88. The summed E-state index contributed by atoms with van der Waals surface area (Å²) in [6.07, 6.45) is 9.59. The van der Waals surface area contributed by atoms with Crippen LogP contribution in [0.15, 0.2) is 54.7 Å². The Hall–Kier alpha value is -2.83. The van der Waals surface area contributed by atoms with E-state index in [1.807, 2.05) is 12.1 Å². The van der Waals surface area contributed by atoms with Crippen LogP contribution in [-0.2, 0) is 9.53 Å². The van der Waals surface area contributed by atoms with Gasteiger partial charge in [-0.15, -0.1) is 0 Å². The Morgan fingerprint density at radius 3 is 2.81 bits per heavy atom. The Labute approximate surface area is 165 Å². The number of carbonyl (C=O) groups is 1. The number of benzene rings is 1. The molecule has 1 aromatic carbocycles. The summed E-state index contributed by atoms with van der Waals surface area (Å²) in [6, 6.07) is 5.50. The maximum atomic E-state index is 12.3. The van der Waals surface area contributed by atoms with Gasteiger partial charge in [-0.1, -0.05) is 29.3 Å². The summed E-state index contributed by atoms with van der Waals surface area (Å²) in [5.41, 5.74) is 1.71. The van der Waals surface area contributed by atoms with Crippen LogP contribution in [0.1, 0.15) is 12.6 Å². The number of anilines is 1. The molecule has 138 valence electrons. The van der Waals surface area contributed by atoms with E-state index in [-0.39, 0.29) is 5.76 Å². The lowest BCUT2D eigenvalue weighted by molar-refractivity contribution is -0.116. The Morgan fingerprint density at radius 2 is 2.07 bits per heavy atom.